The fourth-order valence-corrected chi connectivity index (χ4v) is 2.73. The lowest BCUT2D eigenvalue weighted by molar-refractivity contribution is -0.138. The Bertz CT molecular complexity index is 612. The van der Waals surface area contributed by atoms with Crippen LogP contribution in [0.25, 0.3) is 0 Å². The number of hydrogen-bond donors (Lipinski definition) is 0. The molecule has 6 heteroatoms. The summed E-state index contributed by atoms with van der Waals surface area (Å²) in [5.74, 6) is -0.981. The molecule has 0 bridgehead atoms. The van der Waals surface area contributed by atoms with Crippen molar-refractivity contribution in [3.8, 4) is 0 Å². The van der Waals surface area contributed by atoms with E-state index in [1.54, 1.807) is 6.92 Å². The summed E-state index contributed by atoms with van der Waals surface area (Å²) in [5.41, 5.74) is -2.08. The van der Waals surface area contributed by atoms with Gasteiger partial charge in [0.15, 0.2) is 0 Å². The molecule has 2 aromatic rings. The van der Waals surface area contributed by atoms with E-state index >= 15 is 0 Å². The molecular formula is C17H14F6. The predicted octanol–water partition coefficient (Wildman–Crippen LogP) is 6.27. The zero-order valence-corrected chi connectivity index (χ0v) is 12.2. The van der Waals surface area contributed by atoms with Gasteiger partial charge in [-0.25, -0.2) is 0 Å². The van der Waals surface area contributed by atoms with Crippen molar-refractivity contribution in [1.82, 2.24) is 0 Å². The van der Waals surface area contributed by atoms with E-state index in [1.807, 2.05) is 0 Å². The van der Waals surface area contributed by atoms with Gasteiger partial charge in [-0.3, -0.25) is 0 Å². The molecule has 0 aliphatic carbocycles. The number of alkyl halides is 6. The van der Waals surface area contributed by atoms with Crippen molar-refractivity contribution in [3.63, 3.8) is 0 Å². The molecule has 0 aliphatic heterocycles. The van der Waals surface area contributed by atoms with Gasteiger partial charge in [0.2, 0.25) is 0 Å². The lowest BCUT2D eigenvalue weighted by Crippen LogP contribution is -2.16. The van der Waals surface area contributed by atoms with Crippen molar-refractivity contribution in [2.45, 2.75) is 31.6 Å². The van der Waals surface area contributed by atoms with E-state index in [4.69, 9.17) is 0 Å². The van der Waals surface area contributed by atoms with Gasteiger partial charge in [-0.15, -0.1) is 0 Å². The Morgan fingerprint density at radius 1 is 0.696 bits per heavy atom. The molecule has 0 heterocycles. The summed E-state index contributed by atoms with van der Waals surface area (Å²) in [7, 11) is 0. The van der Waals surface area contributed by atoms with Crippen LogP contribution in [0.3, 0.4) is 0 Å². The molecule has 0 unspecified atom stereocenters. The quantitative estimate of drug-likeness (QED) is 0.581. The maximum absolute atomic E-state index is 13.2. The second kappa shape index (κ2) is 6.26. The van der Waals surface area contributed by atoms with Crippen molar-refractivity contribution >= 4 is 0 Å². The molecule has 0 aromatic heterocycles. The molecule has 0 amide bonds. The SMILES string of the molecule is CCC(c1ccccc1C(F)(F)F)c1ccccc1C(F)(F)F. The fourth-order valence-electron chi connectivity index (χ4n) is 2.73. The van der Waals surface area contributed by atoms with E-state index in [9.17, 15) is 26.3 Å². The minimum absolute atomic E-state index is 0.125. The van der Waals surface area contributed by atoms with Crippen LogP contribution in [-0.4, -0.2) is 0 Å². The van der Waals surface area contributed by atoms with Crippen molar-refractivity contribution in [1.29, 1.82) is 0 Å². The van der Waals surface area contributed by atoms with E-state index in [1.165, 1.54) is 36.4 Å². The summed E-state index contributed by atoms with van der Waals surface area (Å²) in [5, 5.41) is 0. The van der Waals surface area contributed by atoms with Crippen LogP contribution < -0.4 is 0 Å². The van der Waals surface area contributed by atoms with E-state index in [0.717, 1.165) is 12.1 Å². The molecule has 0 spiro atoms. The number of rotatable bonds is 3. The van der Waals surface area contributed by atoms with E-state index in [2.05, 4.69) is 0 Å². The summed E-state index contributed by atoms with van der Waals surface area (Å²) in [6.07, 6.45) is -9.10. The van der Waals surface area contributed by atoms with Crippen molar-refractivity contribution < 1.29 is 26.3 Å². The van der Waals surface area contributed by atoms with Crippen LogP contribution >= 0.6 is 0 Å². The summed E-state index contributed by atoms with van der Waals surface area (Å²) >= 11 is 0. The Morgan fingerprint density at radius 2 is 1.04 bits per heavy atom. The van der Waals surface area contributed by atoms with Gasteiger partial charge in [0.1, 0.15) is 0 Å². The van der Waals surface area contributed by atoms with Gasteiger partial charge >= 0.3 is 12.4 Å². The lowest BCUT2D eigenvalue weighted by Gasteiger charge is -2.24. The van der Waals surface area contributed by atoms with Crippen LogP contribution in [0.5, 0.6) is 0 Å². The van der Waals surface area contributed by atoms with Gasteiger partial charge in [0.25, 0.3) is 0 Å². The maximum atomic E-state index is 13.2. The second-order valence-corrected chi connectivity index (χ2v) is 5.13. The number of halogens is 6. The first kappa shape index (κ1) is 17.4. The molecule has 2 aromatic carbocycles. The first-order valence-corrected chi connectivity index (χ1v) is 6.98. The first-order valence-electron chi connectivity index (χ1n) is 6.98. The molecule has 0 radical (unpaired) electrons. The van der Waals surface area contributed by atoms with Crippen LogP contribution in [0.1, 0.15) is 41.5 Å². The summed E-state index contributed by atoms with van der Waals surface area (Å²) in [6.45, 7) is 1.57. The van der Waals surface area contributed by atoms with Crippen LogP contribution in [0, 0.1) is 0 Å². The van der Waals surface area contributed by atoms with Crippen LogP contribution in [0.15, 0.2) is 48.5 Å². The summed E-state index contributed by atoms with van der Waals surface area (Å²) in [6, 6.07) is 9.55. The molecule has 0 aliphatic rings. The predicted molar refractivity (Wildman–Crippen MR) is 75.0 cm³/mol. The highest BCUT2D eigenvalue weighted by Gasteiger charge is 2.38. The van der Waals surface area contributed by atoms with E-state index in [-0.39, 0.29) is 17.5 Å². The van der Waals surface area contributed by atoms with Gasteiger partial charge < -0.3 is 0 Å². The summed E-state index contributed by atoms with van der Waals surface area (Å²) in [4.78, 5) is 0. The number of hydrogen-bond acceptors (Lipinski definition) is 0. The topological polar surface area (TPSA) is 0 Å². The molecule has 0 fully saturated rings. The largest absolute Gasteiger partial charge is 0.416 e. The van der Waals surface area contributed by atoms with Crippen LogP contribution in [0.4, 0.5) is 26.3 Å². The fraction of sp³-hybridized carbons (Fsp3) is 0.294. The van der Waals surface area contributed by atoms with E-state index < -0.39 is 29.4 Å². The molecule has 2 rings (SSSR count). The highest BCUT2D eigenvalue weighted by molar-refractivity contribution is 5.43. The average Bonchev–Trinajstić information content (AvgIpc) is 2.47. The third kappa shape index (κ3) is 3.68. The highest BCUT2D eigenvalue weighted by Crippen LogP contribution is 2.42. The summed E-state index contributed by atoms with van der Waals surface area (Å²) < 4.78 is 79.0. The second-order valence-electron chi connectivity index (χ2n) is 5.13. The maximum Gasteiger partial charge on any atom is 0.416 e. The molecule has 0 nitrogen and oxygen atoms in total. The normalized spacial score (nSPS) is 12.7. The molecule has 124 valence electrons. The lowest BCUT2D eigenvalue weighted by atomic mass is 9.83. The number of benzene rings is 2. The Labute approximate surface area is 129 Å². The molecule has 0 N–H and O–H groups in total. The van der Waals surface area contributed by atoms with Gasteiger partial charge in [-0.1, -0.05) is 43.3 Å². The standard InChI is InChI=1S/C17H14F6/c1-2-11(12-7-3-5-9-14(12)16(18,19)20)13-8-4-6-10-15(13)17(21,22)23/h3-11H,2H2,1H3. The van der Waals surface area contributed by atoms with Gasteiger partial charge in [-0.2, -0.15) is 26.3 Å². The smallest absolute Gasteiger partial charge is 0.166 e. The minimum atomic E-state index is -4.61. The molecule has 23 heavy (non-hydrogen) atoms. The molecule has 0 atom stereocenters. The Morgan fingerprint density at radius 3 is 1.35 bits per heavy atom. The van der Waals surface area contributed by atoms with Crippen LogP contribution in [-0.2, 0) is 12.4 Å². The first-order chi connectivity index (χ1) is 10.7. The van der Waals surface area contributed by atoms with Crippen molar-refractivity contribution in [3.05, 3.63) is 70.8 Å². The van der Waals surface area contributed by atoms with Gasteiger partial charge in [-0.05, 0) is 29.7 Å². The third-order valence-corrected chi connectivity index (χ3v) is 3.69. The van der Waals surface area contributed by atoms with Crippen LogP contribution in [0.2, 0.25) is 0 Å². The monoisotopic (exact) mass is 332 g/mol. The highest BCUT2D eigenvalue weighted by atomic mass is 19.4. The van der Waals surface area contributed by atoms with Crippen molar-refractivity contribution in [2.24, 2.45) is 0 Å². The Balaban J connectivity index is 2.64. The average molecular weight is 332 g/mol. The molecular weight excluding hydrogens is 318 g/mol. The Kier molecular flexibility index (Phi) is 4.73. The zero-order valence-electron chi connectivity index (χ0n) is 12.2. The third-order valence-electron chi connectivity index (χ3n) is 3.69. The van der Waals surface area contributed by atoms with Gasteiger partial charge in [0.05, 0.1) is 11.1 Å². The Hall–Kier alpha value is -1.98. The molecule has 0 saturated heterocycles. The van der Waals surface area contributed by atoms with Crippen molar-refractivity contribution in [2.75, 3.05) is 0 Å². The van der Waals surface area contributed by atoms with E-state index in [0.29, 0.717) is 0 Å². The zero-order chi connectivity index (χ0) is 17.3. The van der Waals surface area contributed by atoms with Gasteiger partial charge in [0, 0.05) is 5.92 Å². The molecule has 0 saturated carbocycles. The minimum Gasteiger partial charge on any atom is -0.166 e.